The molecule has 1 amide bonds. The van der Waals surface area contributed by atoms with Crippen LogP contribution < -0.4 is 5.32 Å². The maximum Gasteiger partial charge on any atom is 0.304 e. The number of amides is 1. The van der Waals surface area contributed by atoms with Gasteiger partial charge in [0.25, 0.3) is 5.91 Å². The van der Waals surface area contributed by atoms with Crippen LogP contribution in [0, 0.1) is 0 Å². The predicted octanol–water partition coefficient (Wildman–Crippen LogP) is 0.502. The monoisotopic (exact) mass is 219 g/mol. The van der Waals surface area contributed by atoms with Gasteiger partial charge in [-0.05, 0) is 6.07 Å². The Morgan fingerprint density at radius 2 is 1.88 bits per heavy atom. The molecule has 0 saturated carbocycles. The Bertz CT molecular complexity index is 481. The number of nitrogens with one attached hydrogen (secondary N) is 1. The Kier molecular flexibility index (Phi) is 2.44. The minimum atomic E-state index is -1.21. The number of carbonyl (C=O) groups is 3. The van der Waals surface area contributed by atoms with Gasteiger partial charge in [0.1, 0.15) is 0 Å². The van der Waals surface area contributed by atoms with E-state index >= 15 is 0 Å². The molecule has 1 unspecified atom stereocenters. The van der Waals surface area contributed by atoms with Crippen molar-refractivity contribution in [2.45, 2.75) is 13.2 Å². The van der Waals surface area contributed by atoms with Crippen molar-refractivity contribution in [3.8, 4) is 0 Å². The molecule has 0 aromatic heterocycles. The second-order valence-electron chi connectivity index (χ2n) is 3.37. The topological polar surface area (TPSA) is 72.5 Å². The summed E-state index contributed by atoms with van der Waals surface area (Å²) in [4.78, 5) is 34.1. The van der Waals surface area contributed by atoms with Gasteiger partial charge in [0, 0.05) is 12.5 Å². The molecule has 16 heavy (non-hydrogen) atoms. The van der Waals surface area contributed by atoms with E-state index in [1.807, 2.05) is 0 Å². The Hall–Kier alpha value is -2.17. The minimum absolute atomic E-state index is 0.275. The lowest BCUT2D eigenvalue weighted by Gasteiger charge is -2.23. The number of carbonyl (C=O) groups excluding carboxylic acids is 3. The Labute approximate surface area is 91.4 Å². The van der Waals surface area contributed by atoms with Crippen LogP contribution in [-0.4, -0.2) is 23.9 Å². The molecule has 82 valence electrons. The number of benzene rings is 1. The lowest BCUT2D eigenvalue weighted by atomic mass is 9.98. The number of fused-ring (bicyclic) bond motifs is 1. The second kappa shape index (κ2) is 3.77. The van der Waals surface area contributed by atoms with E-state index in [1.54, 1.807) is 18.2 Å². The smallest absolute Gasteiger partial charge is 0.304 e. The average molecular weight is 219 g/mol. The highest BCUT2D eigenvalue weighted by Crippen LogP contribution is 2.17. The van der Waals surface area contributed by atoms with E-state index in [9.17, 15) is 14.4 Å². The molecule has 1 aromatic rings. The maximum absolute atomic E-state index is 11.8. The third-order valence-electron chi connectivity index (χ3n) is 2.22. The van der Waals surface area contributed by atoms with Gasteiger partial charge in [0.15, 0.2) is 0 Å². The first kappa shape index (κ1) is 10.4. The largest absolute Gasteiger partial charge is 0.434 e. The van der Waals surface area contributed by atoms with E-state index in [1.165, 1.54) is 13.0 Å². The maximum atomic E-state index is 11.8. The van der Waals surface area contributed by atoms with Gasteiger partial charge >= 0.3 is 5.97 Å². The minimum Gasteiger partial charge on any atom is -0.434 e. The Morgan fingerprint density at radius 3 is 2.50 bits per heavy atom. The molecule has 0 saturated heterocycles. The zero-order chi connectivity index (χ0) is 11.7. The number of rotatable bonds is 1. The van der Waals surface area contributed by atoms with Crippen molar-refractivity contribution in [2.75, 3.05) is 0 Å². The summed E-state index contributed by atoms with van der Waals surface area (Å²) in [6.45, 7) is 1.18. The van der Waals surface area contributed by atoms with E-state index in [2.05, 4.69) is 5.32 Å². The molecule has 0 radical (unpaired) electrons. The number of Topliss-reactive ketones (excluding diaryl/α,β-unsaturated/α-hetero) is 1. The molecule has 1 aliphatic heterocycles. The van der Waals surface area contributed by atoms with Crippen LogP contribution in [0.4, 0.5) is 0 Å². The summed E-state index contributed by atoms with van der Waals surface area (Å²) in [6.07, 6.45) is -1.21. The van der Waals surface area contributed by atoms with Crippen molar-refractivity contribution in [1.29, 1.82) is 0 Å². The van der Waals surface area contributed by atoms with E-state index in [-0.39, 0.29) is 5.56 Å². The van der Waals surface area contributed by atoms with Crippen molar-refractivity contribution in [3.05, 3.63) is 35.4 Å². The molecule has 5 heteroatoms. The summed E-state index contributed by atoms with van der Waals surface area (Å²) < 4.78 is 4.71. The molecule has 0 aliphatic carbocycles. The lowest BCUT2D eigenvalue weighted by Crippen LogP contribution is -2.48. The molecule has 1 atom stereocenters. The summed E-state index contributed by atoms with van der Waals surface area (Å²) in [5.41, 5.74) is 0.577. The quantitative estimate of drug-likeness (QED) is 0.698. The van der Waals surface area contributed by atoms with E-state index in [0.717, 1.165) is 0 Å². The fourth-order valence-corrected chi connectivity index (χ4v) is 1.55. The SMILES string of the molecule is CC(=O)OC1NC(=O)c2ccccc2C1=O. The molecule has 1 aliphatic rings. The van der Waals surface area contributed by atoms with Gasteiger partial charge < -0.3 is 10.1 Å². The van der Waals surface area contributed by atoms with Crippen LogP contribution in [0.25, 0.3) is 0 Å². The summed E-state index contributed by atoms with van der Waals surface area (Å²) in [5, 5.41) is 2.32. The summed E-state index contributed by atoms with van der Waals surface area (Å²) in [5.74, 6) is -1.44. The Balaban J connectivity index is 2.38. The van der Waals surface area contributed by atoms with Crippen LogP contribution in [0.5, 0.6) is 0 Å². The lowest BCUT2D eigenvalue weighted by molar-refractivity contribution is -0.145. The molecule has 2 rings (SSSR count). The van der Waals surface area contributed by atoms with Gasteiger partial charge in [0.05, 0.1) is 5.56 Å². The summed E-state index contributed by atoms with van der Waals surface area (Å²) >= 11 is 0. The van der Waals surface area contributed by atoms with Gasteiger partial charge in [0.2, 0.25) is 12.0 Å². The third-order valence-corrected chi connectivity index (χ3v) is 2.22. The normalized spacial score (nSPS) is 18.7. The van der Waals surface area contributed by atoms with Crippen molar-refractivity contribution in [1.82, 2.24) is 5.32 Å². The first-order valence-electron chi connectivity index (χ1n) is 4.71. The molecule has 5 nitrogen and oxygen atoms in total. The zero-order valence-corrected chi connectivity index (χ0v) is 8.52. The van der Waals surface area contributed by atoms with E-state index in [4.69, 9.17) is 4.74 Å². The summed E-state index contributed by atoms with van der Waals surface area (Å²) in [6, 6.07) is 6.40. The van der Waals surface area contributed by atoms with Crippen LogP contribution in [0.2, 0.25) is 0 Å². The van der Waals surface area contributed by atoms with Crippen LogP contribution in [0.3, 0.4) is 0 Å². The van der Waals surface area contributed by atoms with Crippen LogP contribution in [0.1, 0.15) is 27.6 Å². The molecule has 0 bridgehead atoms. The molecule has 1 N–H and O–H groups in total. The second-order valence-corrected chi connectivity index (χ2v) is 3.37. The molecule has 0 fully saturated rings. The predicted molar refractivity (Wildman–Crippen MR) is 53.8 cm³/mol. The number of ketones is 1. The van der Waals surface area contributed by atoms with Gasteiger partial charge in [-0.25, -0.2) is 0 Å². The average Bonchev–Trinajstić information content (AvgIpc) is 2.25. The van der Waals surface area contributed by atoms with Crippen molar-refractivity contribution < 1.29 is 19.1 Å². The standard InChI is InChI=1S/C11H9NO4/c1-6(13)16-11-9(14)7-4-2-3-5-8(7)10(15)12-11/h2-5,11H,1H3,(H,12,15). The third kappa shape index (κ3) is 1.67. The number of esters is 1. The summed E-state index contributed by atoms with van der Waals surface area (Å²) in [7, 11) is 0. The number of ether oxygens (including phenoxy) is 1. The van der Waals surface area contributed by atoms with Crippen LogP contribution in [0.15, 0.2) is 24.3 Å². The number of hydrogen-bond acceptors (Lipinski definition) is 4. The molecule has 1 aromatic carbocycles. The highest BCUT2D eigenvalue weighted by atomic mass is 16.6. The van der Waals surface area contributed by atoms with Crippen LogP contribution >= 0.6 is 0 Å². The number of hydrogen-bond donors (Lipinski definition) is 1. The molecular weight excluding hydrogens is 210 g/mol. The fraction of sp³-hybridized carbons (Fsp3) is 0.182. The molecule has 0 spiro atoms. The van der Waals surface area contributed by atoms with Gasteiger partial charge in [-0.1, -0.05) is 18.2 Å². The van der Waals surface area contributed by atoms with E-state index < -0.39 is 23.9 Å². The highest BCUT2D eigenvalue weighted by Gasteiger charge is 2.33. The highest BCUT2D eigenvalue weighted by molar-refractivity contribution is 6.14. The van der Waals surface area contributed by atoms with E-state index in [0.29, 0.717) is 5.56 Å². The van der Waals surface area contributed by atoms with Crippen LogP contribution in [-0.2, 0) is 9.53 Å². The molecule has 1 heterocycles. The zero-order valence-electron chi connectivity index (χ0n) is 8.52. The van der Waals surface area contributed by atoms with Crippen molar-refractivity contribution in [3.63, 3.8) is 0 Å². The van der Waals surface area contributed by atoms with Gasteiger partial charge in [-0.2, -0.15) is 0 Å². The van der Waals surface area contributed by atoms with Gasteiger partial charge in [-0.3, -0.25) is 14.4 Å². The fourth-order valence-electron chi connectivity index (χ4n) is 1.55. The van der Waals surface area contributed by atoms with Crippen molar-refractivity contribution >= 4 is 17.7 Å². The first-order chi connectivity index (χ1) is 7.59. The van der Waals surface area contributed by atoms with Crippen molar-refractivity contribution in [2.24, 2.45) is 0 Å². The first-order valence-corrected chi connectivity index (χ1v) is 4.71. The molecular formula is C11H9NO4. The Morgan fingerprint density at radius 1 is 1.25 bits per heavy atom. The van der Waals surface area contributed by atoms with Gasteiger partial charge in [-0.15, -0.1) is 0 Å².